The van der Waals surface area contributed by atoms with Crippen molar-refractivity contribution in [2.75, 3.05) is 17.1 Å². The van der Waals surface area contributed by atoms with E-state index >= 15 is 0 Å². The average Bonchev–Trinajstić information content (AvgIpc) is 2.99. The predicted octanol–water partition coefficient (Wildman–Crippen LogP) is 1.29. The summed E-state index contributed by atoms with van der Waals surface area (Å²) in [7, 11) is -3.31. The van der Waals surface area contributed by atoms with E-state index in [9.17, 15) is 8.42 Å². The molecule has 0 unspecified atom stereocenters. The second-order valence-corrected chi connectivity index (χ2v) is 7.22. The van der Waals surface area contributed by atoms with Gasteiger partial charge in [-0.15, -0.1) is 5.10 Å². The lowest BCUT2D eigenvalue weighted by Crippen LogP contribution is -2.43. The van der Waals surface area contributed by atoms with Crippen molar-refractivity contribution in [1.82, 2.24) is 15.0 Å². The summed E-state index contributed by atoms with van der Waals surface area (Å²) in [6.45, 7) is 1.08. The van der Waals surface area contributed by atoms with Crippen LogP contribution in [-0.4, -0.2) is 42.3 Å². The number of fused-ring (bicyclic) bond motifs is 1. The Bertz CT molecular complexity index is 730. The lowest BCUT2D eigenvalue weighted by molar-refractivity contribution is 0.184. The molecule has 1 aromatic carbocycles. The van der Waals surface area contributed by atoms with Crippen LogP contribution in [0.25, 0.3) is 0 Å². The number of aryl methyl sites for hydroxylation is 1. The Labute approximate surface area is 129 Å². The molecule has 0 fully saturated rings. The van der Waals surface area contributed by atoms with Crippen LogP contribution in [0.1, 0.15) is 12.8 Å². The molecule has 0 saturated heterocycles. The quantitative estimate of drug-likeness (QED) is 0.829. The highest BCUT2D eigenvalue weighted by Crippen LogP contribution is 2.35. The summed E-state index contributed by atoms with van der Waals surface area (Å²) in [6, 6.07) is 7.22. The highest BCUT2D eigenvalue weighted by Gasteiger charge is 2.30. The van der Waals surface area contributed by atoms with Crippen molar-refractivity contribution < 1.29 is 13.2 Å². The van der Waals surface area contributed by atoms with Crippen LogP contribution in [0.3, 0.4) is 0 Å². The summed E-state index contributed by atoms with van der Waals surface area (Å²) < 4.78 is 33.1. The number of para-hydroxylation sites is 2. The Kier molecular flexibility index (Phi) is 4.02. The van der Waals surface area contributed by atoms with Crippen LogP contribution >= 0.6 is 0 Å². The molecule has 0 radical (unpaired) electrons. The second-order valence-electron chi connectivity index (χ2n) is 5.31. The largest absolute Gasteiger partial charge is 0.486 e. The maximum absolute atomic E-state index is 12.0. The van der Waals surface area contributed by atoms with E-state index in [0.717, 1.165) is 19.4 Å². The van der Waals surface area contributed by atoms with Crippen molar-refractivity contribution in [2.24, 2.45) is 0 Å². The van der Waals surface area contributed by atoms with Crippen molar-refractivity contribution in [3.63, 3.8) is 0 Å². The zero-order valence-corrected chi connectivity index (χ0v) is 13.1. The molecular weight excluding hydrogens is 304 g/mol. The molecule has 8 heteroatoms. The van der Waals surface area contributed by atoms with Gasteiger partial charge in [-0.1, -0.05) is 17.3 Å². The fraction of sp³-hybridized carbons (Fsp3) is 0.429. The van der Waals surface area contributed by atoms with Crippen molar-refractivity contribution in [1.29, 1.82) is 0 Å². The van der Waals surface area contributed by atoms with E-state index < -0.39 is 10.0 Å². The summed E-state index contributed by atoms with van der Waals surface area (Å²) in [6.07, 6.45) is 6.10. The molecule has 3 rings (SSSR count). The van der Waals surface area contributed by atoms with Crippen molar-refractivity contribution in [3.05, 3.63) is 36.7 Å². The zero-order valence-electron chi connectivity index (χ0n) is 12.3. The molecule has 0 bridgehead atoms. The van der Waals surface area contributed by atoms with E-state index in [4.69, 9.17) is 4.74 Å². The number of aromatic nitrogens is 3. The molecule has 0 aliphatic carbocycles. The lowest BCUT2D eigenvalue weighted by atomic mass is 10.1. The van der Waals surface area contributed by atoms with Gasteiger partial charge in [-0.25, -0.2) is 8.42 Å². The minimum atomic E-state index is -3.31. The Morgan fingerprint density at radius 1 is 1.36 bits per heavy atom. The molecule has 118 valence electrons. The summed E-state index contributed by atoms with van der Waals surface area (Å²) in [4.78, 5) is 0. The van der Waals surface area contributed by atoms with Crippen LogP contribution in [-0.2, 0) is 16.6 Å². The van der Waals surface area contributed by atoms with Crippen LogP contribution in [0.5, 0.6) is 5.75 Å². The number of hydrogen-bond donors (Lipinski definition) is 0. The Hall–Kier alpha value is -2.09. The Morgan fingerprint density at radius 3 is 2.91 bits per heavy atom. The summed E-state index contributed by atoms with van der Waals surface area (Å²) in [5, 5.41) is 7.66. The summed E-state index contributed by atoms with van der Waals surface area (Å²) in [5.41, 5.74) is 0.609. The number of sulfonamides is 1. The Morgan fingerprint density at radius 2 is 2.18 bits per heavy atom. The van der Waals surface area contributed by atoms with Crippen LogP contribution in [0.15, 0.2) is 36.7 Å². The third kappa shape index (κ3) is 3.22. The monoisotopic (exact) mass is 322 g/mol. The number of ether oxygens (including phenoxy) is 1. The lowest BCUT2D eigenvalue weighted by Gasteiger charge is -2.34. The van der Waals surface area contributed by atoms with Crippen LogP contribution < -0.4 is 9.04 Å². The van der Waals surface area contributed by atoms with Gasteiger partial charge >= 0.3 is 0 Å². The fourth-order valence-corrected chi connectivity index (χ4v) is 3.51. The maximum Gasteiger partial charge on any atom is 0.232 e. The highest BCUT2D eigenvalue weighted by atomic mass is 32.2. The molecule has 0 saturated carbocycles. The molecule has 1 aromatic heterocycles. The minimum absolute atomic E-state index is 0.159. The number of nitrogens with zero attached hydrogens (tertiary/aromatic N) is 4. The number of hydrogen-bond acceptors (Lipinski definition) is 5. The van der Waals surface area contributed by atoms with E-state index in [1.165, 1.54) is 10.6 Å². The van der Waals surface area contributed by atoms with E-state index in [1.54, 1.807) is 29.2 Å². The normalized spacial score (nSPS) is 17.9. The van der Waals surface area contributed by atoms with Crippen LogP contribution in [0, 0.1) is 0 Å². The Balaban J connectivity index is 1.70. The van der Waals surface area contributed by atoms with Gasteiger partial charge in [0.05, 0.1) is 24.7 Å². The van der Waals surface area contributed by atoms with Gasteiger partial charge in [0.15, 0.2) is 0 Å². The summed E-state index contributed by atoms with van der Waals surface area (Å²) >= 11 is 0. The molecule has 1 aliphatic heterocycles. The van der Waals surface area contributed by atoms with Gasteiger partial charge < -0.3 is 4.74 Å². The first-order valence-electron chi connectivity index (χ1n) is 7.11. The first-order valence-corrected chi connectivity index (χ1v) is 8.96. The minimum Gasteiger partial charge on any atom is -0.486 e. The van der Waals surface area contributed by atoms with E-state index in [-0.39, 0.29) is 6.10 Å². The van der Waals surface area contributed by atoms with Crippen molar-refractivity contribution in [3.8, 4) is 5.75 Å². The second kappa shape index (κ2) is 5.96. The van der Waals surface area contributed by atoms with Gasteiger partial charge in [-0.2, -0.15) is 0 Å². The molecule has 1 atom stereocenters. The molecular formula is C14H18N4O3S. The van der Waals surface area contributed by atoms with Gasteiger partial charge in [0.2, 0.25) is 10.0 Å². The third-order valence-electron chi connectivity index (χ3n) is 3.58. The number of rotatable bonds is 5. The number of anilines is 1. The van der Waals surface area contributed by atoms with E-state index in [1.807, 2.05) is 12.1 Å². The number of benzene rings is 1. The van der Waals surface area contributed by atoms with Crippen molar-refractivity contribution >= 4 is 15.7 Å². The predicted molar refractivity (Wildman–Crippen MR) is 82.3 cm³/mol. The first kappa shape index (κ1) is 14.8. The smallest absolute Gasteiger partial charge is 0.232 e. The van der Waals surface area contributed by atoms with E-state index in [2.05, 4.69) is 10.3 Å². The summed E-state index contributed by atoms with van der Waals surface area (Å²) in [5.74, 6) is 0.616. The van der Waals surface area contributed by atoms with Crippen molar-refractivity contribution in [2.45, 2.75) is 25.5 Å². The highest BCUT2D eigenvalue weighted by molar-refractivity contribution is 7.92. The SMILES string of the molecule is CS(=O)(=O)N1C[C@H](CCCn2ccnn2)Oc2ccccc21. The fourth-order valence-electron chi connectivity index (χ4n) is 2.56. The van der Waals surface area contributed by atoms with Crippen LogP contribution in [0.4, 0.5) is 5.69 Å². The molecule has 0 amide bonds. The topological polar surface area (TPSA) is 77.3 Å². The maximum atomic E-state index is 12.0. The van der Waals surface area contributed by atoms with Gasteiger partial charge in [0, 0.05) is 12.7 Å². The van der Waals surface area contributed by atoms with E-state index in [0.29, 0.717) is 18.0 Å². The molecule has 7 nitrogen and oxygen atoms in total. The first-order chi connectivity index (χ1) is 10.5. The van der Waals surface area contributed by atoms with Gasteiger partial charge in [-0.05, 0) is 25.0 Å². The molecule has 0 spiro atoms. The van der Waals surface area contributed by atoms with Crippen LogP contribution in [0.2, 0.25) is 0 Å². The standard InChI is InChI=1S/C14H18N4O3S/c1-22(19,20)18-11-12(5-4-9-17-10-8-15-16-17)21-14-7-3-2-6-13(14)18/h2-3,6-8,10,12H,4-5,9,11H2,1H3/t12-/m0/s1. The molecule has 0 N–H and O–H groups in total. The molecule has 1 aliphatic rings. The van der Waals surface area contributed by atoms with Gasteiger partial charge in [0.1, 0.15) is 11.9 Å². The molecule has 2 heterocycles. The average molecular weight is 322 g/mol. The zero-order chi connectivity index (χ0) is 15.6. The molecule has 2 aromatic rings. The third-order valence-corrected chi connectivity index (χ3v) is 4.73. The van der Waals surface area contributed by atoms with Gasteiger partial charge in [0.25, 0.3) is 0 Å². The van der Waals surface area contributed by atoms with Gasteiger partial charge in [-0.3, -0.25) is 8.99 Å². The molecule has 22 heavy (non-hydrogen) atoms.